The van der Waals surface area contributed by atoms with Gasteiger partial charge in [0.1, 0.15) is 17.4 Å². The lowest BCUT2D eigenvalue weighted by Crippen LogP contribution is -2.58. The average molecular weight is 400 g/mol. The van der Waals surface area contributed by atoms with Crippen molar-refractivity contribution in [2.75, 3.05) is 7.11 Å². The molecule has 1 aromatic carbocycles. The average Bonchev–Trinajstić information content (AvgIpc) is 3.13. The van der Waals surface area contributed by atoms with Crippen LogP contribution >= 0.6 is 11.3 Å². The van der Waals surface area contributed by atoms with E-state index in [-0.39, 0.29) is 12.6 Å². The van der Waals surface area contributed by atoms with Crippen molar-refractivity contribution in [2.45, 2.75) is 50.7 Å². The minimum Gasteiger partial charge on any atom is -0.497 e. The highest BCUT2D eigenvalue weighted by Crippen LogP contribution is 2.62. The first kappa shape index (κ1) is 18.1. The molecule has 4 bridgehead atoms. The number of ether oxygens (including phenoxy) is 2. The number of thiazole rings is 1. The summed E-state index contributed by atoms with van der Waals surface area (Å²) in [7, 11) is 1.65. The Morgan fingerprint density at radius 2 is 1.93 bits per heavy atom. The Morgan fingerprint density at radius 1 is 1.21 bits per heavy atom. The number of methoxy groups -OCH3 is 1. The maximum Gasteiger partial charge on any atom is 0.312 e. The topological polar surface area (TPSA) is 68.7 Å². The molecule has 1 heterocycles. The Kier molecular flexibility index (Phi) is 4.25. The fourth-order valence-corrected chi connectivity index (χ4v) is 6.80. The van der Waals surface area contributed by atoms with Crippen LogP contribution in [-0.2, 0) is 16.1 Å². The van der Waals surface area contributed by atoms with Gasteiger partial charge in [0.15, 0.2) is 0 Å². The molecule has 4 saturated carbocycles. The molecule has 4 aliphatic carbocycles. The molecule has 0 amide bonds. The summed E-state index contributed by atoms with van der Waals surface area (Å²) in [6.45, 7) is 0.195. The van der Waals surface area contributed by atoms with Gasteiger partial charge in [-0.1, -0.05) is 0 Å². The summed E-state index contributed by atoms with van der Waals surface area (Å²) in [6.07, 6.45) is 5.19. The van der Waals surface area contributed by atoms with Crippen molar-refractivity contribution in [1.29, 1.82) is 0 Å². The van der Waals surface area contributed by atoms with E-state index in [1.807, 2.05) is 29.6 Å². The fourth-order valence-electron chi connectivity index (χ4n) is 5.99. The minimum absolute atomic E-state index is 0.140. The first-order chi connectivity index (χ1) is 13.5. The molecular weight excluding hydrogens is 374 g/mol. The van der Waals surface area contributed by atoms with E-state index in [2.05, 4.69) is 4.98 Å². The first-order valence-corrected chi connectivity index (χ1v) is 10.8. The van der Waals surface area contributed by atoms with Crippen LogP contribution in [0.5, 0.6) is 5.75 Å². The van der Waals surface area contributed by atoms with Crippen LogP contribution < -0.4 is 4.74 Å². The molecule has 6 rings (SSSR count). The zero-order valence-corrected chi connectivity index (χ0v) is 16.8. The van der Waals surface area contributed by atoms with Crippen LogP contribution in [0.2, 0.25) is 0 Å². The lowest BCUT2D eigenvalue weighted by atomic mass is 9.48. The minimum atomic E-state index is -0.648. The Labute approximate surface area is 168 Å². The lowest BCUT2D eigenvalue weighted by molar-refractivity contribution is -0.197. The third kappa shape index (κ3) is 3.12. The second-order valence-electron chi connectivity index (χ2n) is 8.91. The van der Waals surface area contributed by atoms with Gasteiger partial charge in [0.05, 0.1) is 23.8 Å². The predicted molar refractivity (Wildman–Crippen MR) is 106 cm³/mol. The summed E-state index contributed by atoms with van der Waals surface area (Å²) >= 11 is 1.54. The van der Waals surface area contributed by atoms with Crippen LogP contribution in [-0.4, -0.2) is 28.8 Å². The van der Waals surface area contributed by atoms with Gasteiger partial charge < -0.3 is 14.6 Å². The number of nitrogens with zero attached hydrogens (tertiary/aromatic N) is 1. The van der Waals surface area contributed by atoms with Crippen LogP contribution in [0.15, 0.2) is 29.6 Å². The van der Waals surface area contributed by atoms with Gasteiger partial charge in [-0.05, 0) is 74.6 Å². The Bertz CT molecular complexity index is 876. The first-order valence-electron chi connectivity index (χ1n) is 9.95. The van der Waals surface area contributed by atoms with Crippen molar-refractivity contribution < 1.29 is 19.4 Å². The number of aromatic nitrogens is 1. The molecule has 0 saturated heterocycles. The van der Waals surface area contributed by atoms with Crippen molar-refractivity contribution in [3.05, 3.63) is 35.3 Å². The Hall–Kier alpha value is -1.92. The molecule has 4 fully saturated rings. The monoisotopic (exact) mass is 399 g/mol. The summed E-state index contributed by atoms with van der Waals surface area (Å²) in [6, 6.07) is 7.77. The number of aliphatic hydroxyl groups is 1. The molecule has 1 N–H and O–H groups in total. The maximum atomic E-state index is 13.0. The predicted octanol–water partition coefficient (Wildman–Crippen LogP) is 4.19. The van der Waals surface area contributed by atoms with Crippen LogP contribution in [0.4, 0.5) is 0 Å². The molecular formula is C22H25NO4S. The highest BCUT2D eigenvalue weighted by Gasteiger charge is 2.60. The van der Waals surface area contributed by atoms with E-state index >= 15 is 0 Å². The van der Waals surface area contributed by atoms with Crippen molar-refractivity contribution in [3.63, 3.8) is 0 Å². The van der Waals surface area contributed by atoms with E-state index in [4.69, 9.17) is 9.47 Å². The maximum absolute atomic E-state index is 13.0. The molecule has 4 atom stereocenters. The van der Waals surface area contributed by atoms with Crippen LogP contribution in [0.25, 0.3) is 10.6 Å². The molecule has 0 radical (unpaired) electrons. The number of hydrogen-bond donors (Lipinski definition) is 1. The Balaban J connectivity index is 1.25. The zero-order valence-electron chi connectivity index (χ0n) is 16.0. The van der Waals surface area contributed by atoms with E-state index in [0.717, 1.165) is 54.1 Å². The molecule has 148 valence electrons. The molecule has 2 aromatic rings. The van der Waals surface area contributed by atoms with E-state index in [0.29, 0.717) is 18.3 Å². The van der Waals surface area contributed by atoms with Crippen molar-refractivity contribution >= 4 is 17.3 Å². The van der Waals surface area contributed by atoms with E-state index in [1.54, 1.807) is 18.4 Å². The van der Waals surface area contributed by atoms with Crippen molar-refractivity contribution in [3.8, 4) is 16.3 Å². The number of esters is 1. The Morgan fingerprint density at radius 3 is 2.57 bits per heavy atom. The molecule has 4 aliphatic rings. The quantitative estimate of drug-likeness (QED) is 0.764. The van der Waals surface area contributed by atoms with Gasteiger partial charge in [-0.3, -0.25) is 4.79 Å². The molecule has 0 aliphatic heterocycles. The third-order valence-corrected chi connectivity index (χ3v) is 7.64. The van der Waals surface area contributed by atoms with Gasteiger partial charge in [-0.25, -0.2) is 4.98 Å². The normalized spacial score (nSPS) is 33.1. The smallest absolute Gasteiger partial charge is 0.312 e. The third-order valence-electron chi connectivity index (χ3n) is 6.70. The zero-order chi connectivity index (χ0) is 19.4. The fraction of sp³-hybridized carbons (Fsp3) is 0.545. The van der Waals surface area contributed by atoms with E-state index in [9.17, 15) is 9.90 Å². The van der Waals surface area contributed by atoms with Gasteiger partial charge in [0.2, 0.25) is 0 Å². The largest absolute Gasteiger partial charge is 0.497 e. The molecule has 2 unspecified atom stereocenters. The lowest BCUT2D eigenvalue weighted by Gasteiger charge is -2.58. The standard InChI is InChI=1S/C22H25NO4S/c1-26-18-4-2-16(3-5-18)19-23-17(12-28-19)11-27-20(24)21-7-14-6-15(8-21)10-22(25,9-14)13-21/h2-5,12,14-15,25H,6-11,13H2,1H3/t14-,15+,21?,22?. The molecule has 6 heteroatoms. The molecule has 28 heavy (non-hydrogen) atoms. The summed E-state index contributed by atoms with van der Waals surface area (Å²) in [5.41, 5.74) is 0.665. The van der Waals surface area contributed by atoms with Gasteiger partial charge in [0, 0.05) is 10.9 Å². The number of hydrogen-bond acceptors (Lipinski definition) is 6. The molecule has 0 spiro atoms. The second kappa shape index (κ2) is 6.56. The second-order valence-corrected chi connectivity index (χ2v) is 9.77. The van der Waals surface area contributed by atoms with Crippen molar-refractivity contribution in [2.24, 2.45) is 17.3 Å². The summed E-state index contributed by atoms with van der Waals surface area (Å²) in [4.78, 5) is 17.6. The number of carbonyl (C=O) groups excluding carboxylic acids is 1. The van der Waals surface area contributed by atoms with Gasteiger partial charge in [-0.2, -0.15) is 0 Å². The summed E-state index contributed by atoms with van der Waals surface area (Å²) in [5.74, 6) is 1.62. The number of carbonyl (C=O) groups is 1. The van der Waals surface area contributed by atoms with Gasteiger partial charge in [0.25, 0.3) is 0 Å². The highest BCUT2D eigenvalue weighted by atomic mass is 32.1. The van der Waals surface area contributed by atoms with Crippen LogP contribution in [0.3, 0.4) is 0 Å². The molecule has 1 aromatic heterocycles. The van der Waals surface area contributed by atoms with Crippen LogP contribution in [0, 0.1) is 17.3 Å². The summed E-state index contributed by atoms with van der Waals surface area (Å²) in [5, 5.41) is 13.7. The van der Waals surface area contributed by atoms with Crippen molar-refractivity contribution in [1.82, 2.24) is 4.98 Å². The number of benzene rings is 1. The summed E-state index contributed by atoms with van der Waals surface area (Å²) < 4.78 is 10.9. The van der Waals surface area contributed by atoms with Gasteiger partial charge in [-0.15, -0.1) is 11.3 Å². The van der Waals surface area contributed by atoms with E-state index in [1.165, 1.54) is 0 Å². The SMILES string of the molecule is COc1ccc(-c2nc(COC(=O)C34C[C@@H]5C[C@@H](CC(O)(C5)C3)C4)cs2)cc1. The highest BCUT2D eigenvalue weighted by molar-refractivity contribution is 7.13. The van der Waals surface area contributed by atoms with E-state index < -0.39 is 11.0 Å². The number of rotatable bonds is 5. The van der Waals surface area contributed by atoms with Gasteiger partial charge >= 0.3 is 5.97 Å². The molecule has 5 nitrogen and oxygen atoms in total. The van der Waals surface area contributed by atoms with Crippen LogP contribution in [0.1, 0.15) is 44.2 Å².